The Bertz CT molecular complexity index is 738. The molecule has 2 atom stereocenters. The van der Waals surface area contributed by atoms with Crippen molar-refractivity contribution < 1.29 is 4.79 Å². The summed E-state index contributed by atoms with van der Waals surface area (Å²) in [5, 5.41) is 3.43. The van der Waals surface area contributed by atoms with Gasteiger partial charge in [-0.05, 0) is 37.3 Å². The van der Waals surface area contributed by atoms with Crippen LogP contribution in [0.1, 0.15) is 27.3 Å². The van der Waals surface area contributed by atoms with Gasteiger partial charge in [0, 0.05) is 44.1 Å². The first-order chi connectivity index (χ1) is 11.6. The fourth-order valence-electron chi connectivity index (χ4n) is 4.22. The molecule has 2 aliphatic rings. The molecule has 2 fully saturated rings. The van der Waals surface area contributed by atoms with Crippen LogP contribution in [0.3, 0.4) is 0 Å². The Morgan fingerprint density at radius 3 is 2.46 bits per heavy atom. The second kappa shape index (κ2) is 6.10. The van der Waals surface area contributed by atoms with Gasteiger partial charge in [-0.3, -0.25) is 4.79 Å². The van der Waals surface area contributed by atoms with E-state index in [2.05, 4.69) is 59.0 Å². The lowest BCUT2D eigenvalue weighted by atomic mass is 10.0. The van der Waals surface area contributed by atoms with Crippen LogP contribution < -0.4 is 5.32 Å². The maximum absolute atomic E-state index is 13.0. The van der Waals surface area contributed by atoms with Crippen LogP contribution >= 0.6 is 0 Å². The van der Waals surface area contributed by atoms with Crippen molar-refractivity contribution in [2.45, 2.75) is 20.4 Å². The van der Waals surface area contributed by atoms with Crippen LogP contribution in [0, 0.1) is 25.7 Å². The average molecular weight is 323 g/mol. The first-order valence-corrected chi connectivity index (χ1v) is 8.84. The number of aryl methyl sites for hydroxylation is 1. The molecule has 1 amide bonds. The standard InChI is InChI=1S/C20H25N3O/c1-14-8-19(15(2)23(14)11-16-6-4-3-5-7-16)20(24)22-12-17-9-21-10-18(17)13-22/h3-8,17-18,21H,9-13H2,1-2H3/t17-,18+. The maximum Gasteiger partial charge on any atom is 0.255 e. The van der Waals surface area contributed by atoms with E-state index in [4.69, 9.17) is 0 Å². The van der Waals surface area contributed by atoms with Crippen LogP contribution in [0.2, 0.25) is 0 Å². The van der Waals surface area contributed by atoms with Gasteiger partial charge in [-0.25, -0.2) is 0 Å². The third-order valence-electron chi connectivity index (χ3n) is 5.66. The first-order valence-electron chi connectivity index (χ1n) is 8.84. The van der Waals surface area contributed by atoms with E-state index in [1.165, 1.54) is 5.56 Å². The van der Waals surface area contributed by atoms with E-state index >= 15 is 0 Å². The predicted molar refractivity (Wildman–Crippen MR) is 95.2 cm³/mol. The van der Waals surface area contributed by atoms with Gasteiger partial charge >= 0.3 is 0 Å². The largest absolute Gasteiger partial charge is 0.344 e. The summed E-state index contributed by atoms with van der Waals surface area (Å²) in [5.41, 5.74) is 4.37. The number of carbonyl (C=O) groups is 1. The smallest absolute Gasteiger partial charge is 0.255 e. The number of aromatic nitrogens is 1. The maximum atomic E-state index is 13.0. The van der Waals surface area contributed by atoms with Gasteiger partial charge < -0.3 is 14.8 Å². The summed E-state index contributed by atoms with van der Waals surface area (Å²) in [4.78, 5) is 15.1. The van der Waals surface area contributed by atoms with Crippen LogP contribution in [0.25, 0.3) is 0 Å². The highest BCUT2D eigenvalue weighted by Gasteiger charge is 2.38. The molecule has 0 bridgehead atoms. The van der Waals surface area contributed by atoms with E-state index in [1.54, 1.807) is 0 Å². The average Bonchev–Trinajstić information content (AvgIpc) is 3.25. The molecular formula is C20H25N3O. The molecule has 0 aliphatic carbocycles. The lowest BCUT2D eigenvalue weighted by Gasteiger charge is -2.18. The number of benzene rings is 1. The SMILES string of the molecule is Cc1cc(C(=O)N2C[C@H]3CNC[C@H]3C2)c(C)n1Cc1ccccc1. The first kappa shape index (κ1) is 15.5. The molecule has 24 heavy (non-hydrogen) atoms. The Labute approximate surface area is 143 Å². The summed E-state index contributed by atoms with van der Waals surface area (Å²) in [6.07, 6.45) is 0. The van der Waals surface area contributed by atoms with Crippen LogP contribution in [0.4, 0.5) is 0 Å². The third-order valence-corrected chi connectivity index (χ3v) is 5.66. The number of hydrogen-bond acceptors (Lipinski definition) is 2. The molecule has 1 N–H and O–H groups in total. The Morgan fingerprint density at radius 1 is 1.12 bits per heavy atom. The van der Waals surface area contributed by atoms with Gasteiger partial charge in [0.1, 0.15) is 0 Å². The molecule has 0 spiro atoms. The topological polar surface area (TPSA) is 37.3 Å². The summed E-state index contributed by atoms with van der Waals surface area (Å²) in [6.45, 7) is 8.90. The van der Waals surface area contributed by atoms with Gasteiger partial charge in [0.25, 0.3) is 5.91 Å². The number of likely N-dealkylation sites (tertiary alicyclic amines) is 1. The van der Waals surface area contributed by atoms with E-state index in [1.807, 2.05) is 6.07 Å². The molecular weight excluding hydrogens is 298 g/mol. The van der Waals surface area contributed by atoms with Crippen molar-refractivity contribution in [1.82, 2.24) is 14.8 Å². The van der Waals surface area contributed by atoms with Gasteiger partial charge in [-0.2, -0.15) is 0 Å². The predicted octanol–water partition coefficient (Wildman–Crippen LogP) is 2.44. The Morgan fingerprint density at radius 2 is 1.79 bits per heavy atom. The minimum absolute atomic E-state index is 0.205. The van der Waals surface area contributed by atoms with Gasteiger partial charge in [0.05, 0.1) is 5.56 Å². The van der Waals surface area contributed by atoms with Gasteiger partial charge in [-0.15, -0.1) is 0 Å². The van der Waals surface area contributed by atoms with Crippen LogP contribution in [0.5, 0.6) is 0 Å². The molecule has 126 valence electrons. The zero-order valence-electron chi connectivity index (χ0n) is 14.5. The Kier molecular flexibility index (Phi) is 3.93. The summed E-state index contributed by atoms with van der Waals surface area (Å²) < 4.78 is 2.25. The molecule has 4 nitrogen and oxygen atoms in total. The molecule has 4 heteroatoms. The van der Waals surface area contributed by atoms with Gasteiger partial charge in [0.2, 0.25) is 0 Å². The number of hydrogen-bond donors (Lipinski definition) is 1. The van der Waals surface area contributed by atoms with Crippen molar-refractivity contribution in [3.05, 3.63) is 58.9 Å². The second-order valence-corrected chi connectivity index (χ2v) is 7.25. The number of nitrogens with one attached hydrogen (secondary N) is 1. The molecule has 0 saturated carbocycles. The summed E-state index contributed by atoms with van der Waals surface area (Å²) in [7, 11) is 0. The molecule has 2 aromatic rings. The summed E-state index contributed by atoms with van der Waals surface area (Å²) in [5.74, 6) is 1.49. The highest BCUT2D eigenvalue weighted by molar-refractivity contribution is 5.96. The molecule has 3 heterocycles. The zero-order valence-corrected chi connectivity index (χ0v) is 14.5. The fourth-order valence-corrected chi connectivity index (χ4v) is 4.22. The second-order valence-electron chi connectivity index (χ2n) is 7.25. The van der Waals surface area contributed by atoms with Crippen molar-refractivity contribution in [3.8, 4) is 0 Å². The normalized spacial score (nSPS) is 22.8. The molecule has 0 unspecified atom stereocenters. The minimum Gasteiger partial charge on any atom is -0.344 e. The lowest BCUT2D eigenvalue weighted by molar-refractivity contribution is 0.0781. The van der Waals surface area contributed by atoms with Crippen LogP contribution in [-0.2, 0) is 6.54 Å². The molecule has 1 aromatic carbocycles. The molecule has 2 saturated heterocycles. The van der Waals surface area contributed by atoms with Gasteiger partial charge in [-0.1, -0.05) is 30.3 Å². The van der Waals surface area contributed by atoms with Crippen molar-refractivity contribution in [3.63, 3.8) is 0 Å². The quantitative estimate of drug-likeness (QED) is 0.942. The van der Waals surface area contributed by atoms with E-state index < -0.39 is 0 Å². The van der Waals surface area contributed by atoms with E-state index in [0.717, 1.165) is 49.7 Å². The van der Waals surface area contributed by atoms with Crippen LogP contribution in [-0.4, -0.2) is 41.6 Å². The molecule has 4 rings (SSSR count). The van der Waals surface area contributed by atoms with Crippen molar-refractivity contribution in [2.75, 3.05) is 26.2 Å². The lowest BCUT2D eigenvalue weighted by Crippen LogP contribution is -2.32. The molecule has 0 radical (unpaired) electrons. The number of fused-ring (bicyclic) bond motifs is 1. The number of rotatable bonds is 3. The van der Waals surface area contributed by atoms with Crippen LogP contribution in [0.15, 0.2) is 36.4 Å². The zero-order chi connectivity index (χ0) is 16.7. The third kappa shape index (κ3) is 2.65. The Balaban J connectivity index is 1.56. The summed E-state index contributed by atoms with van der Waals surface area (Å²) in [6, 6.07) is 12.5. The monoisotopic (exact) mass is 323 g/mol. The Hall–Kier alpha value is -2.07. The molecule has 2 aliphatic heterocycles. The number of carbonyl (C=O) groups excluding carboxylic acids is 1. The van der Waals surface area contributed by atoms with Crippen molar-refractivity contribution >= 4 is 5.91 Å². The summed E-state index contributed by atoms with van der Waals surface area (Å²) >= 11 is 0. The minimum atomic E-state index is 0.205. The van der Waals surface area contributed by atoms with E-state index in [9.17, 15) is 4.79 Å². The van der Waals surface area contributed by atoms with E-state index in [-0.39, 0.29) is 5.91 Å². The number of nitrogens with zero attached hydrogens (tertiary/aromatic N) is 2. The van der Waals surface area contributed by atoms with Crippen molar-refractivity contribution in [2.24, 2.45) is 11.8 Å². The van der Waals surface area contributed by atoms with Gasteiger partial charge in [0.15, 0.2) is 0 Å². The number of amides is 1. The molecule has 1 aromatic heterocycles. The van der Waals surface area contributed by atoms with Crippen molar-refractivity contribution in [1.29, 1.82) is 0 Å². The highest BCUT2D eigenvalue weighted by Crippen LogP contribution is 2.28. The van der Waals surface area contributed by atoms with E-state index in [0.29, 0.717) is 11.8 Å². The highest BCUT2D eigenvalue weighted by atomic mass is 16.2. The fraction of sp³-hybridized carbons (Fsp3) is 0.450.